The fourth-order valence-electron chi connectivity index (χ4n) is 2.39. The van der Waals surface area contributed by atoms with Gasteiger partial charge < -0.3 is 5.73 Å². The Morgan fingerprint density at radius 2 is 2.09 bits per heavy atom. The number of aromatic nitrogens is 3. The first kappa shape index (κ1) is 15.0. The molecule has 0 bridgehead atoms. The second kappa shape index (κ2) is 5.71. The van der Waals surface area contributed by atoms with Crippen molar-refractivity contribution in [2.75, 3.05) is 5.73 Å². The highest BCUT2D eigenvalue weighted by Gasteiger charge is 2.22. The Balaban J connectivity index is 2.24. The number of hydrogen-bond acceptors (Lipinski definition) is 5. The Kier molecular flexibility index (Phi) is 3.72. The second-order valence-corrected chi connectivity index (χ2v) is 5.35. The van der Waals surface area contributed by atoms with E-state index in [4.69, 9.17) is 22.6 Å². The summed E-state index contributed by atoms with van der Waals surface area (Å²) in [5.74, 6) is -0.0762. The number of nitrogens with two attached hydrogens (primary N) is 1. The summed E-state index contributed by atoms with van der Waals surface area (Å²) in [5, 5.41) is 13.7. The minimum absolute atomic E-state index is 0.174. The molecule has 23 heavy (non-hydrogen) atoms. The van der Waals surface area contributed by atoms with Crippen LogP contribution < -0.4 is 5.73 Å². The minimum atomic E-state index is -0.251. The number of hydrogen-bond donors (Lipinski definition) is 1. The lowest BCUT2D eigenvalue weighted by molar-refractivity contribution is 0.103. The van der Waals surface area contributed by atoms with Gasteiger partial charge in [-0.3, -0.25) is 4.79 Å². The molecule has 0 radical (unpaired) electrons. The van der Waals surface area contributed by atoms with Crippen molar-refractivity contribution in [3.8, 4) is 6.07 Å². The smallest absolute Gasteiger partial charge is 0.198 e. The lowest BCUT2D eigenvalue weighted by Gasteiger charge is -2.11. The number of ketones is 1. The van der Waals surface area contributed by atoms with Crippen LogP contribution in [0.4, 0.5) is 5.82 Å². The minimum Gasteiger partial charge on any atom is -0.383 e. The number of fused-ring (bicyclic) bond motifs is 1. The summed E-state index contributed by atoms with van der Waals surface area (Å²) >= 11 is 5.86. The third-order valence-corrected chi connectivity index (χ3v) is 3.80. The van der Waals surface area contributed by atoms with Gasteiger partial charge in [-0.25, -0.2) is 4.98 Å². The predicted molar refractivity (Wildman–Crippen MR) is 86.4 cm³/mol. The van der Waals surface area contributed by atoms with Crippen LogP contribution in [0.15, 0.2) is 30.5 Å². The van der Waals surface area contributed by atoms with Crippen molar-refractivity contribution in [1.82, 2.24) is 14.6 Å². The summed E-state index contributed by atoms with van der Waals surface area (Å²) in [4.78, 5) is 17.2. The van der Waals surface area contributed by atoms with Crippen molar-refractivity contribution in [3.05, 3.63) is 57.9 Å². The third-order valence-electron chi connectivity index (χ3n) is 3.55. The summed E-state index contributed by atoms with van der Waals surface area (Å²) in [7, 11) is 0. The number of anilines is 1. The van der Waals surface area contributed by atoms with Gasteiger partial charge >= 0.3 is 0 Å². The maximum atomic E-state index is 12.8. The molecule has 114 valence electrons. The molecule has 3 aromatic rings. The van der Waals surface area contributed by atoms with Crippen molar-refractivity contribution in [2.45, 2.75) is 13.3 Å². The van der Waals surface area contributed by atoms with E-state index in [1.165, 1.54) is 10.7 Å². The Labute approximate surface area is 137 Å². The highest BCUT2D eigenvalue weighted by atomic mass is 35.5. The lowest BCUT2D eigenvalue weighted by atomic mass is 10.0. The fraction of sp³-hybridized carbons (Fsp3) is 0.125. The number of halogens is 1. The Hall–Kier alpha value is -2.91. The molecule has 0 fully saturated rings. The summed E-state index contributed by atoms with van der Waals surface area (Å²) < 4.78 is 1.32. The molecular weight excluding hydrogens is 314 g/mol. The number of nitrogens with zero attached hydrogens (tertiary/aromatic N) is 4. The van der Waals surface area contributed by atoms with E-state index in [9.17, 15) is 4.79 Å². The molecule has 0 aliphatic rings. The summed E-state index contributed by atoms with van der Waals surface area (Å²) in [6.07, 6.45) is 1.89. The van der Waals surface area contributed by atoms with Crippen LogP contribution in [-0.4, -0.2) is 20.4 Å². The molecule has 2 heterocycles. The molecule has 0 amide bonds. The van der Waals surface area contributed by atoms with Gasteiger partial charge in [0.1, 0.15) is 17.5 Å². The van der Waals surface area contributed by atoms with Gasteiger partial charge in [0.15, 0.2) is 11.4 Å². The monoisotopic (exact) mass is 325 g/mol. The Morgan fingerprint density at radius 3 is 2.70 bits per heavy atom. The average Bonchev–Trinajstić information content (AvgIpc) is 2.98. The molecule has 3 rings (SSSR count). The van der Waals surface area contributed by atoms with Crippen LogP contribution in [0, 0.1) is 11.3 Å². The van der Waals surface area contributed by atoms with Crippen LogP contribution in [0.2, 0.25) is 5.02 Å². The fourth-order valence-corrected chi connectivity index (χ4v) is 2.52. The van der Waals surface area contributed by atoms with Crippen molar-refractivity contribution in [3.63, 3.8) is 0 Å². The second-order valence-electron chi connectivity index (χ2n) is 4.91. The van der Waals surface area contributed by atoms with E-state index in [2.05, 4.69) is 10.1 Å². The Morgan fingerprint density at radius 1 is 1.39 bits per heavy atom. The van der Waals surface area contributed by atoms with Gasteiger partial charge in [-0.1, -0.05) is 18.5 Å². The molecule has 7 heteroatoms. The number of carbonyl (C=O) groups excluding carboxylic acids is 1. The standard InChI is InChI=1S/C16H12ClN5O/c1-2-12-13(14(23)9-3-5-11(17)6-4-9)15(19)22-16(21-12)10(7-18)8-20-22/h3-6,8H,2,19H2,1H3. The van der Waals surface area contributed by atoms with Gasteiger partial charge in [0.05, 0.1) is 17.5 Å². The van der Waals surface area contributed by atoms with E-state index in [0.717, 1.165) is 0 Å². The van der Waals surface area contributed by atoms with Crippen LogP contribution in [0.3, 0.4) is 0 Å². The molecule has 6 nitrogen and oxygen atoms in total. The molecule has 2 N–H and O–H groups in total. The molecule has 0 atom stereocenters. The number of carbonyl (C=O) groups is 1. The lowest BCUT2D eigenvalue weighted by Crippen LogP contribution is -2.15. The zero-order chi connectivity index (χ0) is 16.6. The van der Waals surface area contributed by atoms with E-state index in [-0.39, 0.29) is 11.6 Å². The van der Waals surface area contributed by atoms with Gasteiger partial charge in [0.25, 0.3) is 0 Å². The van der Waals surface area contributed by atoms with Crippen molar-refractivity contribution < 1.29 is 4.79 Å². The summed E-state index contributed by atoms with van der Waals surface area (Å²) in [6.45, 7) is 1.87. The number of nitriles is 1. The van der Waals surface area contributed by atoms with Crippen LogP contribution >= 0.6 is 11.6 Å². The Bertz CT molecular complexity index is 953. The van der Waals surface area contributed by atoms with E-state index >= 15 is 0 Å². The number of rotatable bonds is 3. The predicted octanol–water partition coefficient (Wildman–Crippen LogP) is 2.63. The molecule has 2 aromatic heterocycles. The number of nitrogen functional groups attached to an aromatic ring is 1. The average molecular weight is 326 g/mol. The van der Waals surface area contributed by atoms with E-state index in [1.54, 1.807) is 24.3 Å². The van der Waals surface area contributed by atoms with Gasteiger partial charge in [-0.15, -0.1) is 0 Å². The van der Waals surface area contributed by atoms with Crippen LogP contribution in [0.5, 0.6) is 0 Å². The maximum absolute atomic E-state index is 12.8. The van der Waals surface area contributed by atoms with Gasteiger partial charge in [-0.05, 0) is 30.7 Å². The van der Waals surface area contributed by atoms with Crippen molar-refractivity contribution in [2.24, 2.45) is 0 Å². The molecule has 1 aromatic carbocycles. The van der Waals surface area contributed by atoms with Gasteiger partial charge in [-0.2, -0.15) is 14.9 Å². The van der Waals surface area contributed by atoms with Crippen LogP contribution in [-0.2, 0) is 6.42 Å². The molecule has 0 unspecified atom stereocenters. The first-order valence-corrected chi connectivity index (χ1v) is 7.31. The van der Waals surface area contributed by atoms with Gasteiger partial charge in [0.2, 0.25) is 0 Å². The van der Waals surface area contributed by atoms with Crippen molar-refractivity contribution in [1.29, 1.82) is 5.26 Å². The topological polar surface area (TPSA) is 97.1 Å². The molecule has 0 saturated carbocycles. The normalized spacial score (nSPS) is 10.7. The van der Waals surface area contributed by atoms with E-state index < -0.39 is 0 Å². The molecule has 0 aliphatic heterocycles. The highest BCUT2D eigenvalue weighted by molar-refractivity contribution is 6.30. The number of aryl methyl sites for hydroxylation is 1. The first-order valence-electron chi connectivity index (χ1n) is 6.93. The molecule has 0 spiro atoms. The molecule has 0 aliphatic carbocycles. The van der Waals surface area contributed by atoms with E-state index in [0.29, 0.717) is 39.5 Å². The first-order chi connectivity index (χ1) is 11.1. The number of benzene rings is 1. The zero-order valence-corrected chi connectivity index (χ0v) is 13.0. The maximum Gasteiger partial charge on any atom is 0.198 e. The summed E-state index contributed by atoms with van der Waals surface area (Å²) in [5.41, 5.74) is 8.11. The molecular formula is C16H12ClN5O. The quantitative estimate of drug-likeness (QED) is 0.746. The van der Waals surface area contributed by atoms with E-state index in [1.807, 2.05) is 13.0 Å². The third kappa shape index (κ3) is 2.41. The highest BCUT2D eigenvalue weighted by Crippen LogP contribution is 2.24. The summed E-state index contributed by atoms with van der Waals surface area (Å²) in [6, 6.07) is 8.57. The zero-order valence-electron chi connectivity index (χ0n) is 12.2. The van der Waals surface area contributed by atoms with Crippen LogP contribution in [0.1, 0.15) is 34.1 Å². The van der Waals surface area contributed by atoms with Crippen molar-refractivity contribution >= 4 is 28.8 Å². The van der Waals surface area contributed by atoms with Gasteiger partial charge in [0, 0.05) is 10.6 Å². The largest absolute Gasteiger partial charge is 0.383 e. The molecule has 0 saturated heterocycles. The SMILES string of the molecule is CCc1nc2c(C#N)cnn2c(N)c1C(=O)c1ccc(Cl)cc1. The van der Waals surface area contributed by atoms with Crippen LogP contribution in [0.25, 0.3) is 5.65 Å².